The van der Waals surface area contributed by atoms with Gasteiger partial charge in [0.2, 0.25) is 0 Å². The van der Waals surface area contributed by atoms with Gasteiger partial charge in [0.1, 0.15) is 45.5 Å². The molecule has 0 amide bonds. The molecule has 0 saturated heterocycles. The fourth-order valence-corrected chi connectivity index (χ4v) is 9.78. The highest BCUT2D eigenvalue weighted by atomic mass is 19.1. The zero-order valence-corrected chi connectivity index (χ0v) is 34.6. The molecule has 0 N–H and O–H groups in total. The molecule has 8 nitrogen and oxygen atoms in total. The Balaban J connectivity index is 1.69. The molecule has 2 unspecified atom stereocenters. The van der Waals surface area contributed by atoms with E-state index in [0.29, 0.717) is 38.5 Å². The largest absolute Gasteiger partial charge is 0.462 e. The normalized spacial score (nSPS) is 19.9. The first-order valence-corrected chi connectivity index (χ1v) is 21.8. The maximum absolute atomic E-state index is 17.4. The Bertz CT molecular complexity index is 1660. The van der Waals surface area contributed by atoms with Crippen molar-refractivity contribution in [1.82, 2.24) is 0 Å². The van der Waals surface area contributed by atoms with Crippen molar-refractivity contribution in [2.75, 3.05) is 26.4 Å². The van der Waals surface area contributed by atoms with Gasteiger partial charge in [-0.3, -0.25) is 0 Å². The predicted molar refractivity (Wildman–Crippen MR) is 211 cm³/mol. The molecular formula is C46H60F4O8. The lowest BCUT2D eigenvalue weighted by Crippen LogP contribution is -2.25. The topological polar surface area (TPSA) is 105 Å². The first kappa shape index (κ1) is 45.1. The van der Waals surface area contributed by atoms with Crippen LogP contribution in [0.5, 0.6) is 0 Å². The number of benzene rings is 2. The van der Waals surface area contributed by atoms with Crippen LogP contribution in [0.2, 0.25) is 0 Å². The van der Waals surface area contributed by atoms with Gasteiger partial charge in [0.05, 0.1) is 26.4 Å². The number of rotatable bonds is 12. The third kappa shape index (κ3) is 9.73. The molecule has 3 saturated carbocycles. The van der Waals surface area contributed by atoms with Gasteiger partial charge in [-0.15, -0.1) is 0 Å². The van der Waals surface area contributed by atoms with Gasteiger partial charge in [-0.1, -0.05) is 64.2 Å². The second-order valence-corrected chi connectivity index (χ2v) is 15.9. The maximum Gasteiger partial charge on any atom is 0.341 e. The molecule has 3 aliphatic carbocycles. The summed E-state index contributed by atoms with van der Waals surface area (Å²) in [5.41, 5.74) is -3.07. The molecule has 5 rings (SSSR count). The van der Waals surface area contributed by atoms with E-state index in [1.807, 2.05) is 0 Å². The van der Waals surface area contributed by atoms with E-state index >= 15 is 17.6 Å². The standard InChI is InChI=1S/C46H60F4O8/c1-5-55-43(51)35-31(27-19-13-9-10-14-20-27)39(47)37(45(53)57-7-3)33(41(35)49)29-23-17-18-24-30(26-25-29)34-38(46(54)58-8-4)40(48)32(28-21-15-11-12-16-22-28)36(42(34)50)44(52)56-6-2/h27-30H,5-26H2,1-4H3. The van der Waals surface area contributed by atoms with E-state index in [1.165, 1.54) is 0 Å². The smallest absolute Gasteiger partial charge is 0.341 e. The van der Waals surface area contributed by atoms with Crippen LogP contribution in [0.25, 0.3) is 0 Å². The lowest BCUT2D eigenvalue weighted by molar-refractivity contribution is 0.0496. The molecule has 2 atom stereocenters. The molecule has 320 valence electrons. The first-order valence-electron chi connectivity index (χ1n) is 21.8. The molecule has 0 aromatic heterocycles. The van der Waals surface area contributed by atoms with Crippen LogP contribution in [0.1, 0.15) is 231 Å². The molecule has 3 aliphatic rings. The van der Waals surface area contributed by atoms with Crippen molar-refractivity contribution in [2.45, 2.75) is 167 Å². The van der Waals surface area contributed by atoms with E-state index in [0.717, 1.165) is 51.4 Å². The van der Waals surface area contributed by atoms with Crippen LogP contribution in [-0.4, -0.2) is 50.3 Å². The molecule has 58 heavy (non-hydrogen) atoms. The van der Waals surface area contributed by atoms with Gasteiger partial charge in [0.25, 0.3) is 0 Å². The lowest BCUT2D eigenvalue weighted by atomic mass is 9.74. The van der Waals surface area contributed by atoms with Crippen LogP contribution in [0.4, 0.5) is 17.6 Å². The third-order valence-corrected chi connectivity index (χ3v) is 12.4. The molecule has 12 heteroatoms. The summed E-state index contributed by atoms with van der Waals surface area (Å²) in [6, 6.07) is 0. The SMILES string of the molecule is CCOC(=O)c1c(F)c(C2CCCCC(c3c(F)c(C(=O)OCC)c(C4CCCCCC4)c(F)c3C(=O)OCC)CC2)c(C(=O)OCC)c(F)c1C1CCCCCC1. The van der Waals surface area contributed by atoms with Gasteiger partial charge in [-0.05, 0) is 103 Å². The van der Waals surface area contributed by atoms with Crippen LogP contribution in [0.15, 0.2) is 0 Å². The molecule has 0 spiro atoms. The highest BCUT2D eigenvalue weighted by Gasteiger charge is 2.41. The maximum atomic E-state index is 17.4. The van der Waals surface area contributed by atoms with E-state index in [1.54, 1.807) is 27.7 Å². The average Bonchev–Trinajstić information content (AvgIpc) is 3.63. The number of esters is 4. The fraction of sp³-hybridized carbons (Fsp3) is 0.652. The minimum Gasteiger partial charge on any atom is -0.462 e. The fourth-order valence-electron chi connectivity index (χ4n) is 9.78. The van der Waals surface area contributed by atoms with E-state index in [4.69, 9.17) is 18.9 Å². The summed E-state index contributed by atoms with van der Waals surface area (Å²) in [5.74, 6) is -11.0. The van der Waals surface area contributed by atoms with Crippen molar-refractivity contribution in [3.8, 4) is 0 Å². The number of ether oxygens (including phenoxy) is 4. The van der Waals surface area contributed by atoms with Crippen molar-refractivity contribution in [2.24, 2.45) is 0 Å². The zero-order valence-electron chi connectivity index (χ0n) is 34.6. The molecule has 0 aliphatic heterocycles. The van der Waals surface area contributed by atoms with E-state index in [9.17, 15) is 19.2 Å². The van der Waals surface area contributed by atoms with E-state index in [-0.39, 0.29) is 74.4 Å². The number of hydrogen-bond acceptors (Lipinski definition) is 8. The van der Waals surface area contributed by atoms with Crippen molar-refractivity contribution < 1.29 is 55.7 Å². The molecule has 2 aromatic carbocycles. The number of hydrogen-bond donors (Lipinski definition) is 0. The van der Waals surface area contributed by atoms with Crippen molar-refractivity contribution in [1.29, 1.82) is 0 Å². The summed E-state index contributed by atoms with van der Waals surface area (Å²) in [6.45, 7) is 5.90. The van der Waals surface area contributed by atoms with Crippen LogP contribution in [0.3, 0.4) is 0 Å². The van der Waals surface area contributed by atoms with E-state index in [2.05, 4.69) is 0 Å². The van der Waals surface area contributed by atoms with Crippen LogP contribution >= 0.6 is 0 Å². The Morgan fingerprint density at radius 1 is 0.362 bits per heavy atom. The van der Waals surface area contributed by atoms with Gasteiger partial charge < -0.3 is 18.9 Å². The van der Waals surface area contributed by atoms with Crippen molar-refractivity contribution >= 4 is 23.9 Å². The Morgan fingerprint density at radius 3 is 0.759 bits per heavy atom. The average molecular weight is 817 g/mol. The molecule has 2 aromatic rings. The summed E-state index contributed by atoms with van der Waals surface area (Å²) in [4.78, 5) is 54.6. The minimum absolute atomic E-state index is 0.0426. The number of carbonyl (C=O) groups is 4. The van der Waals surface area contributed by atoms with Gasteiger partial charge in [0.15, 0.2) is 0 Å². The van der Waals surface area contributed by atoms with Crippen LogP contribution in [-0.2, 0) is 18.9 Å². The van der Waals surface area contributed by atoms with E-state index < -0.39 is 93.1 Å². The molecule has 3 fully saturated rings. The highest BCUT2D eigenvalue weighted by molar-refractivity contribution is 5.98. The van der Waals surface area contributed by atoms with Crippen molar-refractivity contribution in [3.63, 3.8) is 0 Å². The summed E-state index contributed by atoms with van der Waals surface area (Å²) >= 11 is 0. The lowest BCUT2D eigenvalue weighted by Gasteiger charge is -2.31. The molecule has 0 heterocycles. The monoisotopic (exact) mass is 816 g/mol. The van der Waals surface area contributed by atoms with Crippen LogP contribution in [0, 0.1) is 23.3 Å². The Labute approximate surface area is 340 Å². The summed E-state index contributed by atoms with van der Waals surface area (Å²) < 4.78 is 90.4. The molecule has 0 radical (unpaired) electrons. The van der Waals surface area contributed by atoms with Crippen LogP contribution < -0.4 is 0 Å². The zero-order chi connectivity index (χ0) is 41.9. The summed E-state index contributed by atoms with van der Waals surface area (Å²) in [7, 11) is 0. The number of halogens is 4. The highest BCUT2D eigenvalue weighted by Crippen LogP contribution is 2.47. The van der Waals surface area contributed by atoms with Gasteiger partial charge in [-0.2, -0.15) is 0 Å². The second-order valence-electron chi connectivity index (χ2n) is 15.9. The second kappa shape index (κ2) is 21.3. The Kier molecular flexibility index (Phi) is 16.6. The minimum atomic E-state index is -1.05. The van der Waals surface area contributed by atoms with Gasteiger partial charge in [-0.25, -0.2) is 36.7 Å². The molecule has 0 bridgehead atoms. The summed E-state index contributed by atoms with van der Waals surface area (Å²) in [5, 5.41) is 0. The number of carbonyl (C=O) groups excluding carboxylic acids is 4. The predicted octanol–water partition coefficient (Wildman–Crippen LogP) is 12.0. The summed E-state index contributed by atoms with van der Waals surface area (Å²) in [6.07, 6.45) is 10.2. The quantitative estimate of drug-likeness (QED) is 0.0902. The van der Waals surface area contributed by atoms with Gasteiger partial charge in [0, 0.05) is 22.3 Å². The Morgan fingerprint density at radius 2 is 0.552 bits per heavy atom. The third-order valence-electron chi connectivity index (χ3n) is 12.4. The van der Waals surface area contributed by atoms with Crippen molar-refractivity contribution in [3.05, 3.63) is 67.8 Å². The van der Waals surface area contributed by atoms with Gasteiger partial charge >= 0.3 is 23.9 Å². The Hall–Kier alpha value is -3.96. The first-order chi connectivity index (χ1) is 28.0. The molecular weight excluding hydrogens is 756 g/mol.